The Bertz CT molecular complexity index is 1170. The first kappa shape index (κ1) is 22.7. The third-order valence-corrected chi connectivity index (χ3v) is 5.00. The fourth-order valence-electron chi connectivity index (χ4n) is 2.95. The van der Waals surface area contributed by atoms with E-state index in [1.54, 1.807) is 7.11 Å². The summed E-state index contributed by atoms with van der Waals surface area (Å²) in [4.78, 5) is 0. The minimum absolute atomic E-state index is 0.515. The second-order valence-corrected chi connectivity index (χ2v) is 7.58. The van der Waals surface area contributed by atoms with E-state index in [9.17, 15) is 0 Å². The Balaban J connectivity index is 1.78. The largest absolute Gasteiger partial charge is 0.493 e. The molecule has 0 bridgehead atoms. The maximum Gasteiger partial charge on any atom is 0.169 e. The van der Waals surface area contributed by atoms with Crippen molar-refractivity contribution >= 4 is 0 Å². The van der Waals surface area contributed by atoms with Gasteiger partial charge in [-0.15, -0.1) is 0 Å². The molecule has 0 amide bonds. The van der Waals surface area contributed by atoms with Crippen LogP contribution in [0.25, 0.3) is 22.3 Å². The lowest BCUT2D eigenvalue weighted by Crippen LogP contribution is -1.97. The molecular weight excluding hydrogens is 396 g/mol. The summed E-state index contributed by atoms with van der Waals surface area (Å²) in [5.41, 5.74) is 5.90. The third-order valence-electron chi connectivity index (χ3n) is 5.00. The molecule has 0 fully saturated rings. The molecule has 0 saturated carbocycles. The van der Waals surface area contributed by atoms with E-state index < -0.39 is 0 Å². The minimum atomic E-state index is 0.515. The lowest BCUT2D eigenvalue weighted by Gasteiger charge is -2.14. The number of hydrogen-bond acceptors (Lipinski definition) is 3. The van der Waals surface area contributed by atoms with Crippen LogP contribution in [0.2, 0.25) is 0 Å². The van der Waals surface area contributed by atoms with Crippen LogP contribution in [0.15, 0.2) is 116 Å². The van der Waals surface area contributed by atoms with E-state index in [4.69, 9.17) is 14.2 Å². The van der Waals surface area contributed by atoms with E-state index in [1.165, 1.54) is 0 Å². The highest BCUT2D eigenvalue weighted by atomic mass is 16.5. The van der Waals surface area contributed by atoms with Crippen LogP contribution in [0.4, 0.5) is 0 Å². The Morgan fingerprint density at radius 3 is 1.50 bits per heavy atom. The number of ether oxygens (including phenoxy) is 3. The first-order chi connectivity index (χ1) is 15.3. The summed E-state index contributed by atoms with van der Waals surface area (Å²) in [7, 11) is 1.62. The van der Waals surface area contributed by atoms with Crippen molar-refractivity contribution in [1.29, 1.82) is 0 Å². The molecule has 0 atom stereocenters. The van der Waals surface area contributed by atoms with Crippen LogP contribution in [-0.2, 0) is 0 Å². The van der Waals surface area contributed by atoms with Gasteiger partial charge in [0.15, 0.2) is 11.5 Å². The summed E-state index contributed by atoms with van der Waals surface area (Å²) < 4.78 is 17.0. The molecule has 0 heterocycles. The van der Waals surface area contributed by atoms with E-state index >= 15 is 0 Å². The van der Waals surface area contributed by atoms with Gasteiger partial charge in [0.25, 0.3) is 0 Å². The summed E-state index contributed by atoms with van der Waals surface area (Å²) in [5, 5.41) is 0. The van der Waals surface area contributed by atoms with Crippen molar-refractivity contribution in [2.75, 3.05) is 7.11 Å². The average Bonchev–Trinajstić information content (AvgIpc) is 2.79. The van der Waals surface area contributed by atoms with Crippen LogP contribution < -0.4 is 14.2 Å². The van der Waals surface area contributed by atoms with Crippen molar-refractivity contribution in [3.63, 3.8) is 0 Å². The van der Waals surface area contributed by atoms with Crippen LogP contribution in [0.1, 0.15) is 13.8 Å². The summed E-state index contributed by atoms with van der Waals surface area (Å²) >= 11 is 0. The minimum Gasteiger partial charge on any atom is -0.493 e. The molecule has 0 aromatic heterocycles. The van der Waals surface area contributed by atoms with Gasteiger partial charge >= 0.3 is 0 Å². The summed E-state index contributed by atoms with van der Waals surface area (Å²) in [6.07, 6.45) is 0. The second-order valence-electron chi connectivity index (χ2n) is 7.58. The molecule has 3 rings (SSSR count). The van der Waals surface area contributed by atoms with Gasteiger partial charge in [-0.05, 0) is 71.5 Å². The van der Waals surface area contributed by atoms with Gasteiger partial charge in [0.2, 0.25) is 0 Å². The van der Waals surface area contributed by atoms with Gasteiger partial charge in [-0.2, -0.15) is 0 Å². The normalized spacial score (nSPS) is 10.2. The predicted molar refractivity (Wildman–Crippen MR) is 133 cm³/mol. The SMILES string of the molecule is C=C(C)C(=C)Oc1ccc(-c2ccc(-c3ccc(OC(=C)C(=C)C)c(OC)c3)cc2)cc1. The van der Waals surface area contributed by atoms with Crippen molar-refractivity contribution in [3.8, 4) is 39.5 Å². The lowest BCUT2D eigenvalue weighted by atomic mass is 10.00. The van der Waals surface area contributed by atoms with E-state index in [0.717, 1.165) is 39.1 Å². The van der Waals surface area contributed by atoms with Gasteiger partial charge in [-0.3, -0.25) is 0 Å². The van der Waals surface area contributed by atoms with Crippen LogP contribution in [-0.4, -0.2) is 7.11 Å². The molecular formula is C29H28O3. The van der Waals surface area contributed by atoms with Gasteiger partial charge < -0.3 is 14.2 Å². The molecule has 0 N–H and O–H groups in total. The predicted octanol–water partition coefficient (Wildman–Crippen LogP) is 7.97. The average molecular weight is 425 g/mol. The highest BCUT2D eigenvalue weighted by Gasteiger charge is 2.10. The zero-order valence-electron chi connectivity index (χ0n) is 18.9. The molecule has 3 aromatic rings. The molecule has 0 aliphatic heterocycles. The topological polar surface area (TPSA) is 27.7 Å². The number of benzene rings is 3. The Hall–Kier alpha value is -3.98. The number of methoxy groups -OCH3 is 1. The number of allylic oxidation sites excluding steroid dienone is 2. The molecule has 162 valence electrons. The Kier molecular flexibility index (Phi) is 7.01. The van der Waals surface area contributed by atoms with E-state index in [-0.39, 0.29) is 0 Å². The maximum atomic E-state index is 5.77. The quantitative estimate of drug-likeness (QED) is 0.257. The number of rotatable bonds is 9. The van der Waals surface area contributed by atoms with Crippen molar-refractivity contribution < 1.29 is 14.2 Å². The molecule has 32 heavy (non-hydrogen) atoms. The Morgan fingerprint density at radius 2 is 1.00 bits per heavy atom. The first-order valence-electron chi connectivity index (χ1n) is 10.2. The Labute approximate surface area is 190 Å². The highest BCUT2D eigenvalue weighted by molar-refractivity contribution is 5.72. The zero-order valence-corrected chi connectivity index (χ0v) is 18.9. The summed E-state index contributed by atoms with van der Waals surface area (Å²) in [6, 6.07) is 22.1. The van der Waals surface area contributed by atoms with E-state index in [1.807, 2.05) is 56.3 Å². The maximum absolute atomic E-state index is 5.77. The van der Waals surface area contributed by atoms with Gasteiger partial charge in [0, 0.05) is 0 Å². The molecule has 3 aromatic carbocycles. The molecule has 3 nitrogen and oxygen atoms in total. The third kappa shape index (κ3) is 5.38. The van der Waals surface area contributed by atoms with Crippen molar-refractivity contribution in [2.45, 2.75) is 13.8 Å². The monoisotopic (exact) mass is 424 g/mol. The molecule has 0 aliphatic carbocycles. The van der Waals surface area contributed by atoms with Crippen LogP contribution >= 0.6 is 0 Å². The fraction of sp³-hybridized carbons (Fsp3) is 0.103. The van der Waals surface area contributed by atoms with Crippen LogP contribution in [0, 0.1) is 0 Å². The molecule has 0 radical (unpaired) electrons. The van der Waals surface area contributed by atoms with Crippen LogP contribution in [0.5, 0.6) is 17.2 Å². The standard InChI is InChI=1S/C29H28O3/c1-19(2)21(5)31-27-15-12-24(13-16-27)23-8-10-25(11-9-23)26-14-17-28(29(18-26)30-7)32-22(6)20(3)4/h8-18H,1,3,5-6H2,2,4,7H3. The smallest absolute Gasteiger partial charge is 0.169 e. The highest BCUT2D eigenvalue weighted by Crippen LogP contribution is 2.35. The second kappa shape index (κ2) is 9.88. The van der Waals surface area contributed by atoms with Gasteiger partial charge in [0.05, 0.1) is 7.11 Å². The van der Waals surface area contributed by atoms with Gasteiger partial charge in [-0.25, -0.2) is 0 Å². The van der Waals surface area contributed by atoms with Gasteiger partial charge in [0.1, 0.15) is 17.3 Å². The molecule has 0 spiro atoms. The van der Waals surface area contributed by atoms with Crippen LogP contribution in [0.3, 0.4) is 0 Å². The Morgan fingerprint density at radius 1 is 0.562 bits per heavy atom. The summed E-state index contributed by atoms with van der Waals surface area (Å²) in [6.45, 7) is 19.1. The summed E-state index contributed by atoms with van der Waals surface area (Å²) in [5.74, 6) is 3.07. The number of hydrogen-bond donors (Lipinski definition) is 0. The molecule has 0 saturated heterocycles. The van der Waals surface area contributed by atoms with Crippen molar-refractivity contribution in [3.05, 3.63) is 116 Å². The molecule has 0 unspecified atom stereocenters. The van der Waals surface area contributed by atoms with E-state index in [0.29, 0.717) is 23.0 Å². The first-order valence-corrected chi connectivity index (χ1v) is 10.2. The zero-order chi connectivity index (χ0) is 23.3. The van der Waals surface area contributed by atoms with Crippen molar-refractivity contribution in [1.82, 2.24) is 0 Å². The molecule has 0 aliphatic rings. The van der Waals surface area contributed by atoms with Crippen molar-refractivity contribution in [2.24, 2.45) is 0 Å². The molecule has 3 heteroatoms. The van der Waals surface area contributed by atoms with Gasteiger partial charge in [-0.1, -0.05) is 68.8 Å². The van der Waals surface area contributed by atoms with E-state index in [2.05, 4.69) is 50.6 Å². The lowest BCUT2D eigenvalue weighted by molar-refractivity contribution is 0.366. The fourth-order valence-corrected chi connectivity index (χ4v) is 2.95.